The van der Waals surface area contributed by atoms with E-state index in [1.807, 2.05) is 27.7 Å². The highest BCUT2D eigenvalue weighted by atomic mass is 16.2. The highest BCUT2D eigenvalue weighted by Crippen LogP contribution is 2.06. The molecule has 2 N–H and O–H groups in total. The first kappa shape index (κ1) is 19.6. The molecular formula is C16H30N2O3. The van der Waals surface area contributed by atoms with Crippen LogP contribution in [0, 0.1) is 17.8 Å². The average molecular weight is 298 g/mol. The summed E-state index contributed by atoms with van der Waals surface area (Å²) in [6, 6.07) is -1.15. The maximum absolute atomic E-state index is 12.3. The van der Waals surface area contributed by atoms with E-state index in [4.69, 9.17) is 0 Å². The van der Waals surface area contributed by atoms with Crippen LogP contribution < -0.4 is 10.6 Å². The van der Waals surface area contributed by atoms with E-state index < -0.39 is 12.1 Å². The summed E-state index contributed by atoms with van der Waals surface area (Å²) in [6.07, 6.45) is 0.386. The van der Waals surface area contributed by atoms with Crippen LogP contribution in [0.3, 0.4) is 0 Å². The van der Waals surface area contributed by atoms with Crippen molar-refractivity contribution in [2.45, 2.75) is 67.0 Å². The van der Waals surface area contributed by atoms with Crippen LogP contribution in [0.1, 0.15) is 54.9 Å². The van der Waals surface area contributed by atoms with Crippen LogP contribution in [0.25, 0.3) is 0 Å². The summed E-state index contributed by atoms with van der Waals surface area (Å²) in [4.78, 5) is 35.9. The molecule has 5 heteroatoms. The Labute approximate surface area is 128 Å². The summed E-state index contributed by atoms with van der Waals surface area (Å²) in [5.74, 6) is -0.386. The van der Waals surface area contributed by atoms with Crippen LogP contribution in [-0.4, -0.2) is 29.7 Å². The smallest absolute Gasteiger partial charge is 0.243 e. The van der Waals surface area contributed by atoms with E-state index >= 15 is 0 Å². The van der Waals surface area contributed by atoms with E-state index in [0.29, 0.717) is 6.42 Å². The first-order valence-electron chi connectivity index (χ1n) is 7.69. The van der Waals surface area contributed by atoms with Gasteiger partial charge in [0, 0.05) is 12.3 Å². The number of hydrogen-bond acceptors (Lipinski definition) is 3. The molecular weight excluding hydrogens is 268 g/mol. The predicted octanol–water partition coefficient (Wildman–Crippen LogP) is 1.90. The largest absolute Gasteiger partial charge is 0.345 e. The first-order valence-corrected chi connectivity index (χ1v) is 7.69. The molecule has 0 aliphatic rings. The van der Waals surface area contributed by atoms with Crippen molar-refractivity contribution < 1.29 is 14.4 Å². The van der Waals surface area contributed by atoms with Crippen LogP contribution in [0.2, 0.25) is 0 Å². The minimum Gasteiger partial charge on any atom is -0.345 e. The molecule has 0 aromatic carbocycles. The summed E-state index contributed by atoms with van der Waals surface area (Å²) in [6.45, 7) is 12.9. The van der Waals surface area contributed by atoms with Crippen LogP contribution in [0.15, 0.2) is 0 Å². The van der Waals surface area contributed by atoms with Gasteiger partial charge in [0.05, 0.1) is 6.04 Å². The fourth-order valence-corrected chi connectivity index (χ4v) is 2.01. The van der Waals surface area contributed by atoms with Crippen molar-refractivity contribution in [3.63, 3.8) is 0 Å². The maximum atomic E-state index is 12.3. The second kappa shape index (κ2) is 8.80. The summed E-state index contributed by atoms with van der Waals surface area (Å²) in [5, 5.41) is 5.46. The molecule has 5 nitrogen and oxygen atoms in total. The van der Waals surface area contributed by atoms with Crippen molar-refractivity contribution >= 4 is 17.6 Å². The second-order valence-electron chi connectivity index (χ2n) is 6.67. The molecule has 0 aromatic heterocycles. The lowest BCUT2D eigenvalue weighted by Crippen LogP contribution is -2.53. The third-order valence-electron chi connectivity index (χ3n) is 3.21. The average Bonchev–Trinajstić information content (AvgIpc) is 2.33. The number of Topliss-reactive ketones (excluding diaryl/α,β-unsaturated/α-hetero) is 1. The normalized spacial score (nSPS) is 14.2. The van der Waals surface area contributed by atoms with Crippen molar-refractivity contribution in [3.05, 3.63) is 0 Å². The summed E-state index contributed by atoms with van der Waals surface area (Å²) < 4.78 is 0. The van der Waals surface area contributed by atoms with Crippen LogP contribution in [-0.2, 0) is 14.4 Å². The number of rotatable bonds is 8. The maximum Gasteiger partial charge on any atom is 0.243 e. The molecule has 0 aliphatic carbocycles. The summed E-state index contributed by atoms with van der Waals surface area (Å²) >= 11 is 0. The lowest BCUT2D eigenvalue weighted by Gasteiger charge is -2.24. The van der Waals surface area contributed by atoms with Crippen molar-refractivity contribution in [1.82, 2.24) is 10.6 Å². The van der Waals surface area contributed by atoms with Gasteiger partial charge in [-0.2, -0.15) is 0 Å². The lowest BCUT2D eigenvalue weighted by molar-refractivity contribution is -0.133. The molecule has 2 atom stereocenters. The zero-order valence-corrected chi connectivity index (χ0v) is 14.3. The Morgan fingerprint density at radius 2 is 1.38 bits per heavy atom. The summed E-state index contributed by atoms with van der Waals surface area (Å²) in [7, 11) is 0. The molecule has 122 valence electrons. The van der Waals surface area contributed by atoms with Gasteiger partial charge in [-0.1, -0.05) is 41.5 Å². The predicted molar refractivity (Wildman–Crippen MR) is 83.7 cm³/mol. The lowest BCUT2D eigenvalue weighted by atomic mass is 10.00. The fraction of sp³-hybridized carbons (Fsp3) is 0.812. The van der Waals surface area contributed by atoms with Gasteiger partial charge in [0.1, 0.15) is 6.04 Å². The third kappa shape index (κ3) is 7.25. The molecule has 0 rings (SSSR count). The molecule has 0 unspecified atom stereocenters. The molecule has 0 spiro atoms. The Morgan fingerprint density at radius 1 is 0.857 bits per heavy atom. The number of nitrogens with one attached hydrogen (secondary N) is 2. The van der Waals surface area contributed by atoms with Crippen LogP contribution in [0.4, 0.5) is 0 Å². The van der Waals surface area contributed by atoms with Crippen LogP contribution in [0.5, 0.6) is 0 Å². The Morgan fingerprint density at radius 3 is 1.76 bits per heavy atom. The highest BCUT2D eigenvalue weighted by Gasteiger charge is 2.27. The molecule has 0 saturated carbocycles. The molecule has 0 bridgehead atoms. The Balaban J connectivity index is 4.70. The SMILES string of the molecule is CC(C)CC(=O)N[C@H](C(=O)N[C@@H](C)C(=O)C(C)C)C(C)C. The monoisotopic (exact) mass is 298 g/mol. The molecule has 2 amide bonds. The first-order chi connectivity index (χ1) is 9.56. The number of hydrogen-bond donors (Lipinski definition) is 2. The van der Waals surface area contributed by atoms with Gasteiger partial charge >= 0.3 is 0 Å². The molecule has 21 heavy (non-hydrogen) atoms. The van der Waals surface area contributed by atoms with E-state index in [2.05, 4.69) is 10.6 Å². The molecule has 0 aliphatic heterocycles. The highest BCUT2D eigenvalue weighted by molar-refractivity contribution is 5.93. The number of carbonyl (C=O) groups excluding carboxylic acids is 3. The number of carbonyl (C=O) groups is 3. The third-order valence-corrected chi connectivity index (χ3v) is 3.21. The second-order valence-corrected chi connectivity index (χ2v) is 6.67. The zero-order valence-electron chi connectivity index (χ0n) is 14.3. The fourth-order valence-electron chi connectivity index (χ4n) is 2.01. The quantitative estimate of drug-likeness (QED) is 0.718. The number of amides is 2. The van der Waals surface area contributed by atoms with Gasteiger partial charge < -0.3 is 10.6 Å². The topological polar surface area (TPSA) is 75.3 Å². The summed E-state index contributed by atoms with van der Waals surface area (Å²) in [5.41, 5.74) is 0. The molecule has 0 saturated heterocycles. The van der Waals surface area contributed by atoms with Gasteiger partial charge in [0.2, 0.25) is 11.8 Å². The van der Waals surface area contributed by atoms with Crippen LogP contribution >= 0.6 is 0 Å². The van der Waals surface area contributed by atoms with Gasteiger partial charge in [-0.25, -0.2) is 0 Å². The van der Waals surface area contributed by atoms with Gasteiger partial charge in [0.25, 0.3) is 0 Å². The van der Waals surface area contributed by atoms with Crippen molar-refractivity contribution in [1.29, 1.82) is 0 Å². The van der Waals surface area contributed by atoms with Gasteiger partial charge in [0.15, 0.2) is 5.78 Å². The van der Waals surface area contributed by atoms with Gasteiger partial charge in [-0.3, -0.25) is 14.4 Å². The Bertz CT molecular complexity index is 376. The minimum atomic E-state index is -0.612. The molecule has 0 heterocycles. The standard InChI is InChI=1S/C16H30N2O3/c1-9(2)8-13(19)18-14(10(3)4)16(21)17-12(7)15(20)11(5)6/h9-12,14H,8H2,1-7H3,(H,17,21)(H,18,19)/t12-,14-/m0/s1. The zero-order chi connectivity index (χ0) is 16.7. The van der Waals surface area contributed by atoms with Crippen molar-refractivity contribution in [2.24, 2.45) is 17.8 Å². The molecule has 0 aromatic rings. The van der Waals surface area contributed by atoms with Gasteiger partial charge in [-0.15, -0.1) is 0 Å². The van der Waals surface area contributed by atoms with E-state index in [1.165, 1.54) is 0 Å². The van der Waals surface area contributed by atoms with E-state index in [0.717, 1.165) is 0 Å². The minimum absolute atomic E-state index is 0.0145. The molecule has 0 fully saturated rings. The van der Waals surface area contributed by atoms with E-state index in [1.54, 1.807) is 20.8 Å². The van der Waals surface area contributed by atoms with Gasteiger partial charge in [-0.05, 0) is 18.8 Å². The van der Waals surface area contributed by atoms with E-state index in [-0.39, 0.29) is 35.4 Å². The van der Waals surface area contributed by atoms with E-state index in [9.17, 15) is 14.4 Å². The Hall–Kier alpha value is -1.39. The number of ketones is 1. The molecule has 0 radical (unpaired) electrons. The van der Waals surface area contributed by atoms with Crippen molar-refractivity contribution in [2.75, 3.05) is 0 Å². The van der Waals surface area contributed by atoms with Crippen molar-refractivity contribution in [3.8, 4) is 0 Å². The Kier molecular flexibility index (Phi) is 8.22.